The molecule has 0 N–H and O–H groups in total. The van der Waals surface area contributed by atoms with Gasteiger partial charge in [0, 0.05) is 6.04 Å². The standard InChI is InChI=1S/C13H25N/c1-3-5-10-13(9-4-2)14-11-7-6-8-12-14/h3,13H,1,4-12H2,2H3. The maximum Gasteiger partial charge on any atom is 0.00981 e. The maximum absolute atomic E-state index is 3.82. The molecule has 1 rings (SSSR count). The molecule has 82 valence electrons. The van der Waals surface area contributed by atoms with E-state index in [4.69, 9.17) is 0 Å². The fourth-order valence-electron chi connectivity index (χ4n) is 2.44. The average Bonchev–Trinajstić information content (AvgIpc) is 2.25. The van der Waals surface area contributed by atoms with E-state index in [2.05, 4.69) is 24.5 Å². The lowest BCUT2D eigenvalue weighted by Crippen LogP contribution is -2.39. The molecule has 1 fully saturated rings. The topological polar surface area (TPSA) is 3.24 Å². The molecule has 0 amide bonds. The summed E-state index contributed by atoms with van der Waals surface area (Å²) in [4.78, 5) is 2.70. The number of rotatable bonds is 6. The van der Waals surface area contributed by atoms with Gasteiger partial charge in [0.15, 0.2) is 0 Å². The molecule has 1 saturated heterocycles. The molecule has 14 heavy (non-hydrogen) atoms. The molecule has 1 unspecified atom stereocenters. The van der Waals surface area contributed by atoms with Crippen LogP contribution in [-0.4, -0.2) is 24.0 Å². The lowest BCUT2D eigenvalue weighted by molar-refractivity contribution is 0.147. The second-order valence-corrected chi connectivity index (χ2v) is 4.41. The SMILES string of the molecule is C=CCCC(CCC)N1CCCCC1. The fraction of sp³-hybridized carbons (Fsp3) is 0.846. The molecule has 0 aromatic carbocycles. The first-order valence-electron chi connectivity index (χ1n) is 6.23. The van der Waals surface area contributed by atoms with Crippen LogP contribution >= 0.6 is 0 Å². The third kappa shape index (κ3) is 3.83. The Kier molecular flexibility index (Phi) is 5.93. The van der Waals surface area contributed by atoms with Crippen molar-refractivity contribution in [3.8, 4) is 0 Å². The third-order valence-electron chi connectivity index (χ3n) is 3.23. The minimum atomic E-state index is 0.832. The van der Waals surface area contributed by atoms with Gasteiger partial charge in [-0.25, -0.2) is 0 Å². The highest BCUT2D eigenvalue weighted by Crippen LogP contribution is 2.18. The molecule has 0 aliphatic carbocycles. The second kappa shape index (κ2) is 7.05. The predicted octanol–water partition coefficient (Wildman–Crippen LogP) is 3.61. The Labute approximate surface area is 89.2 Å². The predicted molar refractivity (Wildman–Crippen MR) is 63.6 cm³/mol. The average molecular weight is 195 g/mol. The Bertz CT molecular complexity index is 147. The summed E-state index contributed by atoms with van der Waals surface area (Å²) in [6.45, 7) is 8.79. The van der Waals surface area contributed by atoms with Crippen molar-refractivity contribution in [1.82, 2.24) is 4.90 Å². The van der Waals surface area contributed by atoms with Crippen LogP contribution in [-0.2, 0) is 0 Å². The van der Waals surface area contributed by atoms with Crippen LogP contribution in [0.2, 0.25) is 0 Å². The first-order valence-corrected chi connectivity index (χ1v) is 6.23. The summed E-state index contributed by atoms with van der Waals surface area (Å²) < 4.78 is 0. The van der Waals surface area contributed by atoms with Gasteiger partial charge in [-0.1, -0.05) is 25.8 Å². The minimum Gasteiger partial charge on any atom is -0.300 e. The van der Waals surface area contributed by atoms with Gasteiger partial charge in [-0.15, -0.1) is 6.58 Å². The van der Waals surface area contributed by atoms with Gasteiger partial charge in [-0.05, 0) is 45.2 Å². The smallest absolute Gasteiger partial charge is 0.00981 e. The van der Waals surface area contributed by atoms with Crippen molar-refractivity contribution in [2.45, 2.75) is 57.9 Å². The van der Waals surface area contributed by atoms with Crippen LogP contribution in [0.4, 0.5) is 0 Å². The molecule has 1 heteroatoms. The molecule has 0 radical (unpaired) electrons. The summed E-state index contributed by atoms with van der Waals surface area (Å²) in [5, 5.41) is 0. The number of allylic oxidation sites excluding steroid dienone is 1. The van der Waals surface area contributed by atoms with E-state index in [1.807, 2.05) is 0 Å². The van der Waals surface area contributed by atoms with Crippen molar-refractivity contribution < 1.29 is 0 Å². The van der Waals surface area contributed by atoms with Crippen LogP contribution in [0.15, 0.2) is 12.7 Å². The van der Waals surface area contributed by atoms with Gasteiger partial charge in [0.25, 0.3) is 0 Å². The molecular weight excluding hydrogens is 170 g/mol. The summed E-state index contributed by atoms with van der Waals surface area (Å²) in [5.41, 5.74) is 0. The minimum absolute atomic E-state index is 0.832. The molecule has 1 aliphatic rings. The monoisotopic (exact) mass is 195 g/mol. The van der Waals surface area contributed by atoms with Gasteiger partial charge in [-0.3, -0.25) is 0 Å². The van der Waals surface area contributed by atoms with Crippen molar-refractivity contribution >= 4 is 0 Å². The molecule has 0 spiro atoms. The highest BCUT2D eigenvalue weighted by Gasteiger charge is 2.18. The summed E-state index contributed by atoms with van der Waals surface area (Å²) in [5.74, 6) is 0. The normalized spacial score (nSPS) is 20.6. The van der Waals surface area contributed by atoms with Gasteiger partial charge in [0.1, 0.15) is 0 Å². The van der Waals surface area contributed by atoms with Gasteiger partial charge in [0.05, 0.1) is 0 Å². The Morgan fingerprint density at radius 3 is 2.50 bits per heavy atom. The quantitative estimate of drug-likeness (QED) is 0.585. The molecule has 0 aromatic heterocycles. The van der Waals surface area contributed by atoms with Crippen LogP contribution in [0, 0.1) is 0 Å². The number of likely N-dealkylation sites (tertiary alicyclic amines) is 1. The Balaban J connectivity index is 2.33. The van der Waals surface area contributed by atoms with E-state index in [-0.39, 0.29) is 0 Å². The number of nitrogens with zero attached hydrogens (tertiary/aromatic N) is 1. The first kappa shape index (κ1) is 11.8. The Morgan fingerprint density at radius 1 is 1.21 bits per heavy atom. The fourth-order valence-corrected chi connectivity index (χ4v) is 2.44. The summed E-state index contributed by atoms with van der Waals surface area (Å²) >= 11 is 0. The highest BCUT2D eigenvalue weighted by atomic mass is 15.2. The van der Waals surface area contributed by atoms with E-state index in [1.165, 1.54) is 58.0 Å². The van der Waals surface area contributed by atoms with Crippen molar-refractivity contribution in [3.63, 3.8) is 0 Å². The zero-order valence-electron chi connectivity index (χ0n) is 9.67. The van der Waals surface area contributed by atoms with Gasteiger partial charge in [-0.2, -0.15) is 0 Å². The highest BCUT2D eigenvalue weighted by molar-refractivity contribution is 4.78. The van der Waals surface area contributed by atoms with E-state index in [9.17, 15) is 0 Å². The molecule has 0 saturated carbocycles. The second-order valence-electron chi connectivity index (χ2n) is 4.41. The summed E-state index contributed by atoms with van der Waals surface area (Å²) in [6.07, 6.45) is 11.5. The van der Waals surface area contributed by atoms with Crippen LogP contribution in [0.1, 0.15) is 51.9 Å². The summed E-state index contributed by atoms with van der Waals surface area (Å²) in [6, 6.07) is 0.832. The Morgan fingerprint density at radius 2 is 1.93 bits per heavy atom. The van der Waals surface area contributed by atoms with Crippen LogP contribution in [0.3, 0.4) is 0 Å². The van der Waals surface area contributed by atoms with E-state index in [0.29, 0.717) is 0 Å². The molecule has 0 aromatic rings. The Hall–Kier alpha value is -0.300. The third-order valence-corrected chi connectivity index (χ3v) is 3.23. The number of piperidine rings is 1. The largest absolute Gasteiger partial charge is 0.300 e. The van der Waals surface area contributed by atoms with Gasteiger partial charge in [0.2, 0.25) is 0 Å². The molecule has 1 atom stereocenters. The number of hydrogen-bond acceptors (Lipinski definition) is 1. The molecule has 0 bridgehead atoms. The van der Waals surface area contributed by atoms with E-state index >= 15 is 0 Å². The molecular formula is C13H25N. The number of hydrogen-bond donors (Lipinski definition) is 0. The van der Waals surface area contributed by atoms with E-state index in [1.54, 1.807) is 0 Å². The molecule has 1 heterocycles. The van der Waals surface area contributed by atoms with Crippen molar-refractivity contribution in [2.75, 3.05) is 13.1 Å². The van der Waals surface area contributed by atoms with E-state index < -0.39 is 0 Å². The van der Waals surface area contributed by atoms with Crippen molar-refractivity contribution in [3.05, 3.63) is 12.7 Å². The first-order chi connectivity index (χ1) is 6.88. The maximum atomic E-state index is 3.82. The van der Waals surface area contributed by atoms with Crippen LogP contribution < -0.4 is 0 Å². The molecule has 1 aliphatic heterocycles. The van der Waals surface area contributed by atoms with E-state index in [0.717, 1.165) is 6.04 Å². The molecule has 1 nitrogen and oxygen atoms in total. The zero-order valence-corrected chi connectivity index (χ0v) is 9.67. The summed E-state index contributed by atoms with van der Waals surface area (Å²) in [7, 11) is 0. The van der Waals surface area contributed by atoms with Gasteiger partial charge < -0.3 is 4.90 Å². The zero-order chi connectivity index (χ0) is 10.2. The lowest BCUT2D eigenvalue weighted by atomic mass is 10.0. The van der Waals surface area contributed by atoms with Crippen LogP contribution in [0.5, 0.6) is 0 Å². The van der Waals surface area contributed by atoms with Crippen molar-refractivity contribution in [1.29, 1.82) is 0 Å². The van der Waals surface area contributed by atoms with Crippen LogP contribution in [0.25, 0.3) is 0 Å². The van der Waals surface area contributed by atoms with Gasteiger partial charge >= 0.3 is 0 Å². The van der Waals surface area contributed by atoms with Crippen molar-refractivity contribution in [2.24, 2.45) is 0 Å². The lowest BCUT2D eigenvalue weighted by Gasteiger charge is -2.34.